The van der Waals surface area contributed by atoms with E-state index in [-0.39, 0.29) is 11.9 Å². The van der Waals surface area contributed by atoms with Gasteiger partial charge in [0.2, 0.25) is 0 Å². The van der Waals surface area contributed by atoms with E-state index in [2.05, 4.69) is 17.4 Å². The molecular formula is C17H25NO3. The van der Waals surface area contributed by atoms with Crippen molar-refractivity contribution in [1.82, 2.24) is 5.32 Å². The minimum Gasteiger partial charge on any atom is -0.494 e. The number of benzene rings is 1. The average molecular weight is 291 g/mol. The number of carbonyl (C=O) groups is 1. The van der Waals surface area contributed by atoms with E-state index >= 15 is 0 Å². The molecule has 1 N–H and O–H groups in total. The van der Waals surface area contributed by atoms with Gasteiger partial charge in [-0.15, -0.1) is 0 Å². The third-order valence-corrected chi connectivity index (χ3v) is 4.07. The summed E-state index contributed by atoms with van der Waals surface area (Å²) in [5, 5.41) is 3.58. The molecule has 0 spiro atoms. The van der Waals surface area contributed by atoms with Crippen LogP contribution in [0.4, 0.5) is 0 Å². The zero-order valence-electron chi connectivity index (χ0n) is 12.9. The summed E-state index contributed by atoms with van der Waals surface area (Å²) < 4.78 is 10.3. The quantitative estimate of drug-likeness (QED) is 0.819. The highest BCUT2D eigenvalue weighted by Gasteiger charge is 2.26. The van der Waals surface area contributed by atoms with Crippen molar-refractivity contribution in [2.75, 3.05) is 13.7 Å². The molecule has 4 heteroatoms. The van der Waals surface area contributed by atoms with Crippen molar-refractivity contribution in [1.29, 1.82) is 0 Å². The number of hydrogen-bond donors (Lipinski definition) is 1. The SMILES string of the molecule is CCOc1cccc(CNC2CCC(C(=O)OC)CC2)c1. The van der Waals surface area contributed by atoms with Gasteiger partial charge < -0.3 is 14.8 Å². The van der Waals surface area contributed by atoms with Gasteiger partial charge in [0, 0.05) is 12.6 Å². The Bertz CT molecular complexity index is 453. The molecule has 1 aliphatic rings. The lowest BCUT2D eigenvalue weighted by Gasteiger charge is -2.27. The molecule has 1 aromatic rings. The predicted molar refractivity (Wildman–Crippen MR) is 82.2 cm³/mol. The second-order valence-corrected chi connectivity index (χ2v) is 5.53. The van der Waals surface area contributed by atoms with Gasteiger partial charge in [0.1, 0.15) is 5.75 Å². The molecule has 0 amide bonds. The van der Waals surface area contributed by atoms with Gasteiger partial charge in [-0.25, -0.2) is 0 Å². The van der Waals surface area contributed by atoms with E-state index in [0.29, 0.717) is 12.6 Å². The third-order valence-electron chi connectivity index (χ3n) is 4.07. The number of ether oxygens (including phenoxy) is 2. The average Bonchev–Trinajstić information content (AvgIpc) is 2.53. The Balaban J connectivity index is 1.77. The normalized spacial score (nSPS) is 21.8. The number of rotatable bonds is 6. The number of methoxy groups -OCH3 is 1. The van der Waals surface area contributed by atoms with Gasteiger partial charge >= 0.3 is 5.97 Å². The molecule has 116 valence electrons. The van der Waals surface area contributed by atoms with Gasteiger partial charge in [-0.3, -0.25) is 4.79 Å². The standard InChI is InChI=1S/C17H25NO3/c1-3-21-16-6-4-5-13(11-16)12-18-15-9-7-14(8-10-15)17(19)20-2/h4-6,11,14-15,18H,3,7-10,12H2,1-2H3. The van der Waals surface area contributed by atoms with Gasteiger partial charge in [-0.05, 0) is 50.3 Å². The van der Waals surface area contributed by atoms with Gasteiger partial charge in [0.15, 0.2) is 0 Å². The minimum atomic E-state index is -0.0575. The van der Waals surface area contributed by atoms with Crippen LogP contribution in [0.1, 0.15) is 38.2 Å². The second-order valence-electron chi connectivity index (χ2n) is 5.53. The van der Waals surface area contributed by atoms with Crippen molar-refractivity contribution in [3.63, 3.8) is 0 Å². The lowest BCUT2D eigenvalue weighted by molar-refractivity contribution is -0.146. The molecule has 1 aromatic carbocycles. The summed E-state index contributed by atoms with van der Waals surface area (Å²) in [6, 6.07) is 8.68. The van der Waals surface area contributed by atoms with Crippen LogP contribution in [0, 0.1) is 5.92 Å². The highest BCUT2D eigenvalue weighted by atomic mass is 16.5. The molecule has 21 heavy (non-hydrogen) atoms. The fourth-order valence-electron chi connectivity index (χ4n) is 2.87. The number of esters is 1. The summed E-state index contributed by atoms with van der Waals surface area (Å²) in [6.07, 6.45) is 3.91. The van der Waals surface area contributed by atoms with E-state index in [4.69, 9.17) is 9.47 Å². The molecule has 0 aliphatic heterocycles. The Kier molecular flexibility index (Phi) is 6.05. The molecule has 1 aliphatic carbocycles. The van der Waals surface area contributed by atoms with E-state index < -0.39 is 0 Å². The maximum atomic E-state index is 11.5. The smallest absolute Gasteiger partial charge is 0.308 e. The first-order chi connectivity index (χ1) is 10.2. The van der Waals surface area contributed by atoms with Crippen molar-refractivity contribution in [2.24, 2.45) is 5.92 Å². The van der Waals surface area contributed by atoms with Crippen LogP contribution < -0.4 is 10.1 Å². The predicted octanol–water partition coefficient (Wildman–Crippen LogP) is 2.91. The minimum absolute atomic E-state index is 0.0575. The fraction of sp³-hybridized carbons (Fsp3) is 0.588. The number of hydrogen-bond acceptors (Lipinski definition) is 4. The van der Waals surface area contributed by atoms with Crippen molar-refractivity contribution in [3.8, 4) is 5.75 Å². The van der Waals surface area contributed by atoms with Gasteiger partial charge in [0.05, 0.1) is 19.6 Å². The monoisotopic (exact) mass is 291 g/mol. The van der Waals surface area contributed by atoms with Crippen LogP contribution in [0.25, 0.3) is 0 Å². The third kappa shape index (κ3) is 4.74. The molecule has 0 atom stereocenters. The van der Waals surface area contributed by atoms with E-state index in [9.17, 15) is 4.79 Å². The lowest BCUT2D eigenvalue weighted by atomic mass is 9.86. The molecule has 1 saturated carbocycles. The highest BCUT2D eigenvalue weighted by molar-refractivity contribution is 5.72. The van der Waals surface area contributed by atoms with Gasteiger partial charge in [-0.2, -0.15) is 0 Å². The van der Waals surface area contributed by atoms with E-state index in [1.807, 2.05) is 19.1 Å². The molecule has 0 unspecified atom stereocenters. The first-order valence-electron chi connectivity index (χ1n) is 7.76. The molecule has 0 saturated heterocycles. The highest BCUT2D eigenvalue weighted by Crippen LogP contribution is 2.25. The molecule has 4 nitrogen and oxygen atoms in total. The fourth-order valence-corrected chi connectivity index (χ4v) is 2.87. The van der Waals surface area contributed by atoms with Crippen LogP contribution in [-0.2, 0) is 16.1 Å². The van der Waals surface area contributed by atoms with Gasteiger partial charge in [0.25, 0.3) is 0 Å². The second kappa shape index (κ2) is 8.03. The van der Waals surface area contributed by atoms with Crippen molar-refractivity contribution in [2.45, 2.75) is 45.2 Å². The first kappa shape index (κ1) is 15.8. The first-order valence-corrected chi connectivity index (χ1v) is 7.76. The summed E-state index contributed by atoms with van der Waals surface area (Å²) in [7, 11) is 1.47. The Morgan fingerprint density at radius 3 is 2.71 bits per heavy atom. The van der Waals surface area contributed by atoms with Crippen LogP contribution in [0.2, 0.25) is 0 Å². The molecule has 2 rings (SSSR count). The number of carbonyl (C=O) groups excluding carboxylic acids is 1. The van der Waals surface area contributed by atoms with Crippen molar-refractivity contribution >= 4 is 5.97 Å². The molecule has 0 radical (unpaired) electrons. The Morgan fingerprint density at radius 1 is 1.29 bits per heavy atom. The van der Waals surface area contributed by atoms with Crippen LogP contribution in [0.3, 0.4) is 0 Å². The Morgan fingerprint density at radius 2 is 2.05 bits per heavy atom. The van der Waals surface area contributed by atoms with Crippen LogP contribution in [-0.4, -0.2) is 25.7 Å². The largest absolute Gasteiger partial charge is 0.494 e. The summed E-state index contributed by atoms with van der Waals surface area (Å²) >= 11 is 0. The molecular weight excluding hydrogens is 266 g/mol. The maximum absolute atomic E-state index is 11.5. The summed E-state index contributed by atoms with van der Waals surface area (Å²) in [6.45, 7) is 3.52. The summed E-state index contributed by atoms with van der Waals surface area (Å²) in [4.78, 5) is 11.5. The molecule has 0 heterocycles. The Labute approximate surface area is 126 Å². The van der Waals surface area contributed by atoms with E-state index in [1.54, 1.807) is 0 Å². The number of nitrogens with one attached hydrogen (secondary N) is 1. The van der Waals surface area contributed by atoms with E-state index in [1.165, 1.54) is 12.7 Å². The Hall–Kier alpha value is -1.55. The van der Waals surface area contributed by atoms with E-state index in [0.717, 1.165) is 38.0 Å². The lowest BCUT2D eigenvalue weighted by Crippen LogP contribution is -2.34. The maximum Gasteiger partial charge on any atom is 0.308 e. The molecule has 1 fully saturated rings. The molecule has 0 aromatic heterocycles. The zero-order valence-corrected chi connectivity index (χ0v) is 12.9. The summed E-state index contributed by atoms with van der Waals surface area (Å²) in [5.74, 6) is 0.957. The zero-order chi connectivity index (χ0) is 15.1. The van der Waals surface area contributed by atoms with Crippen LogP contribution >= 0.6 is 0 Å². The van der Waals surface area contributed by atoms with Crippen molar-refractivity contribution < 1.29 is 14.3 Å². The molecule has 0 bridgehead atoms. The topological polar surface area (TPSA) is 47.6 Å². The van der Waals surface area contributed by atoms with Crippen molar-refractivity contribution in [3.05, 3.63) is 29.8 Å². The summed E-state index contributed by atoms with van der Waals surface area (Å²) in [5.41, 5.74) is 1.23. The van der Waals surface area contributed by atoms with Crippen LogP contribution in [0.5, 0.6) is 5.75 Å². The van der Waals surface area contributed by atoms with Crippen LogP contribution in [0.15, 0.2) is 24.3 Å². The van der Waals surface area contributed by atoms with Gasteiger partial charge in [-0.1, -0.05) is 12.1 Å².